The molecule has 10 atom stereocenters. The number of hydrogen-bond acceptors (Lipinski definition) is 10. The van der Waals surface area contributed by atoms with Crippen molar-refractivity contribution in [3.8, 4) is 0 Å². The number of carbonyl (C=O) groups is 4. The van der Waals surface area contributed by atoms with Crippen LogP contribution in [0.3, 0.4) is 0 Å². The van der Waals surface area contributed by atoms with Gasteiger partial charge in [-0.2, -0.15) is 0 Å². The van der Waals surface area contributed by atoms with Crippen LogP contribution in [-0.2, 0) is 33.3 Å². The molecule has 8 bridgehead atoms. The third kappa shape index (κ3) is 6.94. The highest BCUT2D eigenvalue weighted by Gasteiger charge is 2.52. The first-order valence-electron chi connectivity index (χ1n) is 12.5. The highest BCUT2D eigenvalue weighted by molar-refractivity contribution is 6.61. The third-order valence-electron chi connectivity index (χ3n) is 8.28. The Balaban J connectivity index is 0.000000147. The van der Waals surface area contributed by atoms with E-state index in [1.807, 2.05) is 0 Å². The van der Waals surface area contributed by atoms with E-state index in [0.717, 1.165) is 51.4 Å². The second kappa shape index (κ2) is 12.6. The lowest BCUT2D eigenvalue weighted by Gasteiger charge is -2.40. The minimum atomic E-state index is -0.870. The molecule has 0 amide bonds. The molecule has 4 heterocycles. The van der Waals surface area contributed by atoms with Gasteiger partial charge in [-0.1, -0.05) is 23.2 Å². The first kappa shape index (κ1) is 28.5. The Labute approximate surface area is 229 Å². The number of carbonyl (C=O) groups excluding carboxylic acids is 4. The summed E-state index contributed by atoms with van der Waals surface area (Å²) in [6, 6.07) is -0.408. The number of aliphatic hydroxyl groups is 1. The lowest BCUT2D eigenvalue weighted by Crippen LogP contribution is -2.45. The first-order valence-corrected chi connectivity index (χ1v) is 14.0. The summed E-state index contributed by atoms with van der Waals surface area (Å²) in [5.41, 5.74) is -0.870. The van der Waals surface area contributed by atoms with Crippen LogP contribution < -0.4 is 0 Å². The summed E-state index contributed by atoms with van der Waals surface area (Å²) in [4.78, 5) is 44.1. The van der Waals surface area contributed by atoms with Gasteiger partial charge in [0.1, 0.15) is 18.3 Å². The van der Waals surface area contributed by atoms with Gasteiger partial charge in [0.15, 0.2) is 12.1 Å². The Morgan fingerprint density at radius 3 is 1.89 bits per heavy atom. The van der Waals surface area contributed by atoms with E-state index in [9.17, 15) is 24.3 Å². The number of alkyl halides is 2. The van der Waals surface area contributed by atoms with Crippen LogP contribution in [0.4, 0.5) is 9.59 Å². The van der Waals surface area contributed by atoms with Crippen molar-refractivity contribution in [3.63, 3.8) is 0 Å². The van der Waals surface area contributed by atoms with Crippen molar-refractivity contribution in [1.82, 2.24) is 0 Å². The van der Waals surface area contributed by atoms with Crippen molar-refractivity contribution in [2.75, 3.05) is 12.1 Å². The summed E-state index contributed by atoms with van der Waals surface area (Å²) in [6.45, 7) is 0. The van der Waals surface area contributed by atoms with Crippen molar-refractivity contribution >= 4 is 58.3 Å². The lowest BCUT2D eigenvalue weighted by molar-refractivity contribution is -0.157. The zero-order valence-electron chi connectivity index (χ0n) is 20.1. The average molecular weight is 586 g/mol. The summed E-state index contributed by atoms with van der Waals surface area (Å²) in [5.74, 6) is 1.56. The van der Waals surface area contributed by atoms with Crippen LogP contribution in [0.25, 0.3) is 0 Å². The molecule has 4 saturated heterocycles. The van der Waals surface area contributed by atoms with E-state index >= 15 is 0 Å². The maximum Gasteiger partial charge on any atom is 0.509 e. The van der Waals surface area contributed by atoms with Crippen molar-refractivity contribution in [3.05, 3.63) is 0 Å². The van der Waals surface area contributed by atoms with Crippen LogP contribution in [0.1, 0.15) is 51.4 Å². The van der Waals surface area contributed by atoms with Gasteiger partial charge in [0, 0.05) is 17.5 Å². The van der Waals surface area contributed by atoms with E-state index in [1.54, 1.807) is 0 Å². The zero-order chi connectivity index (χ0) is 26.7. The molecule has 4 saturated carbocycles. The van der Waals surface area contributed by atoms with Crippen molar-refractivity contribution in [2.24, 2.45) is 35.5 Å². The van der Waals surface area contributed by atoms with Crippen LogP contribution in [0.5, 0.6) is 0 Å². The van der Waals surface area contributed by atoms with E-state index in [4.69, 9.17) is 37.4 Å². The molecule has 8 rings (SSSR count). The molecule has 37 heavy (non-hydrogen) atoms. The predicted molar refractivity (Wildman–Crippen MR) is 129 cm³/mol. The predicted octanol–water partition coefficient (Wildman–Crippen LogP) is 4.33. The number of ether oxygens (including phenoxy) is 5. The Bertz CT molecular complexity index is 872. The van der Waals surface area contributed by atoms with E-state index in [-0.39, 0.29) is 66.2 Å². The molecule has 0 aromatic carbocycles. The molecule has 0 aromatic rings. The highest BCUT2D eigenvalue weighted by Crippen LogP contribution is 2.48. The van der Waals surface area contributed by atoms with Crippen LogP contribution in [0.2, 0.25) is 0 Å². The fourth-order valence-corrected chi connectivity index (χ4v) is 7.25. The van der Waals surface area contributed by atoms with Crippen molar-refractivity contribution in [2.45, 2.75) is 75.8 Å². The van der Waals surface area contributed by atoms with Gasteiger partial charge in [-0.15, -0.1) is 0 Å². The lowest BCUT2D eigenvalue weighted by atomic mass is 9.67. The maximum absolute atomic E-state index is 11.8. The van der Waals surface area contributed by atoms with Gasteiger partial charge < -0.3 is 28.8 Å². The topological polar surface area (TPSA) is 135 Å². The average Bonchev–Trinajstić information content (AvgIpc) is 3.10. The van der Waals surface area contributed by atoms with Crippen molar-refractivity contribution in [1.29, 1.82) is 0 Å². The molecular formula is C24H31Cl3O10. The summed E-state index contributed by atoms with van der Waals surface area (Å²) in [6.07, 6.45) is 5.28. The molecule has 0 spiro atoms. The molecule has 8 aliphatic rings. The Morgan fingerprint density at radius 2 is 1.32 bits per heavy atom. The Morgan fingerprint density at radius 1 is 0.784 bits per heavy atom. The molecule has 0 aromatic heterocycles. The number of fused-ring (bicyclic) bond motifs is 2. The normalized spacial score (nSPS) is 40.0. The van der Waals surface area contributed by atoms with Crippen molar-refractivity contribution < 1.29 is 48.0 Å². The fraction of sp³-hybridized carbons (Fsp3) is 0.833. The molecule has 208 valence electrons. The monoisotopic (exact) mass is 584 g/mol. The Hall–Kier alpha value is -1.49. The smallest absolute Gasteiger partial charge is 0.459 e. The molecule has 8 fully saturated rings. The highest BCUT2D eigenvalue weighted by atomic mass is 35.5. The second-order valence-corrected chi connectivity index (χ2v) is 11.3. The van der Waals surface area contributed by atoms with E-state index < -0.39 is 11.6 Å². The van der Waals surface area contributed by atoms with E-state index in [2.05, 4.69) is 21.1 Å². The summed E-state index contributed by atoms with van der Waals surface area (Å²) >= 11 is 14.8. The minimum absolute atomic E-state index is 0.0172. The quantitative estimate of drug-likeness (QED) is 0.221. The fourth-order valence-electron chi connectivity index (χ4n) is 6.95. The molecule has 10 unspecified atom stereocenters. The van der Waals surface area contributed by atoms with Crippen LogP contribution in [0.15, 0.2) is 0 Å². The standard InChI is InChI=1S/C12H15ClO5.C10H14O3.C2H2Cl2O2/c13-5-16-12(15)18-10-7-1-6-2-8(4-7)11(14)17-9(10)3-6;11-9-6-1-5-2-7(4-6)10(12)13-8(9)3-5;3-1-6-2(4)5/h6-10H,1-5H2;5-9,11H,1-4H2;1H2. The largest absolute Gasteiger partial charge is 0.509 e. The number of halogens is 3. The van der Waals surface area contributed by atoms with Gasteiger partial charge >= 0.3 is 23.5 Å². The van der Waals surface area contributed by atoms with Crippen LogP contribution in [0, 0.1) is 35.5 Å². The van der Waals surface area contributed by atoms with E-state index in [0.29, 0.717) is 17.8 Å². The Kier molecular flexibility index (Phi) is 9.69. The van der Waals surface area contributed by atoms with Gasteiger partial charge in [0.05, 0.1) is 17.9 Å². The number of aliphatic hydroxyl groups excluding tert-OH is 1. The summed E-state index contributed by atoms with van der Waals surface area (Å²) in [7, 11) is 0. The zero-order valence-corrected chi connectivity index (χ0v) is 22.4. The molecule has 4 aliphatic heterocycles. The molecular weight excluding hydrogens is 555 g/mol. The van der Waals surface area contributed by atoms with Gasteiger partial charge in [-0.25, -0.2) is 9.59 Å². The molecule has 1 N–H and O–H groups in total. The van der Waals surface area contributed by atoms with Crippen LogP contribution in [-0.4, -0.2) is 65.2 Å². The summed E-state index contributed by atoms with van der Waals surface area (Å²) < 4.78 is 24.5. The minimum Gasteiger partial charge on any atom is -0.459 e. The van der Waals surface area contributed by atoms with Gasteiger partial charge in [-0.3, -0.25) is 9.59 Å². The molecule has 10 nitrogen and oxygen atoms in total. The SMILES string of the molecule is O=C(Cl)OCCl.O=C(OCCl)OC1C2CC3CC(C2)C(=O)OC1C3.O=C1OC2CC3CC1CC(C3)C2O. The molecule has 13 heteroatoms. The number of rotatable bonds is 3. The first-order chi connectivity index (χ1) is 17.7. The van der Waals surface area contributed by atoms with Gasteiger partial charge in [0.25, 0.3) is 0 Å². The van der Waals surface area contributed by atoms with Crippen LogP contribution >= 0.6 is 34.8 Å². The summed E-state index contributed by atoms with van der Waals surface area (Å²) in [5, 5.41) is 9.85. The van der Waals surface area contributed by atoms with E-state index in [1.165, 1.54) is 0 Å². The number of esters is 2. The maximum atomic E-state index is 11.8. The number of hydrogen-bond donors (Lipinski definition) is 1. The third-order valence-corrected chi connectivity index (χ3v) is 8.61. The van der Waals surface area contributed by atoms with Gasteiger partial charge in [-0.05, 0) is 69.1 Å². The molecule has 4 aliphatic carbocycles. The second-order valence-electron chi connectivity index (χ2n) is 10.5. The van der Waals surface area contributed by atoms with Gasteiger partial charge in [0.2, 0.25) is 0 Å². The molecule has 0 radical (unpaired) electrons.